The Balaban J connectivity index is 2.45. The van der Waals surface area contributed by atoms with Crippen LogP contribution < -0.4 is 0 Å². The summed E-state index contributed by atoms with van der Waals surface area (Å²) in [5.41, 5.74) is 1.22. The van der Waals surface area contributed by atoms with E-state index in [1.165, 1.54) is 5.56 Å². The van der Waals surface area contributed by atoms with Gasteiger partial charge in [-0.25, -0.2) is 0 Å². The lowest BCUT2D eigenvalue weighted by Crippen LogP contribution is -2.31. The van der Waals surface area contributed by atoms with Crippen LogP contribution in [0.1, 0.15) is 5.56 Å². The van der Waals surface area contributed by atoms with Gasteiger partial charge in [-0.2, -0.15) is 0 Å². The molecule has 3 nitrogen and oxygen atoms in total. The molecule has 0 saturated carbocycles. The van der Waals surface area contributed by atoms with Crippen LogP contribution in [0.15, 0.2) is 28.7 Å². The van der Waals surface area contributed by atoms with Gasteiger partial charge in [0.25, 0.3) is 0 Å². The molecule has 1 aromatic rings. The third-order valence-corrected chi connectivity index (χ3v) is 3.05. The molecule has 1 rings (SSSR count). The Morgan fingerprint density at radius 3 is 2.75 bits per heavy atom. The van der Waals surface area contributed by atoms with Gasteiger partial charge >= 0.3 is 0 Å². The van der Waals surface area contributed by atoms with Gasteiger partial charge in [0.2, 0.25) is 0 Å². The highest BCUT2D eigenvalue weighted by atomic mass is 79.9. The lowest BCUT2D eigenvalue weighted by molar-refractivity contribution is 0.0418. The number of nitrogens with zero attached hydrogens (tertiary/aromatic N) is 1. The number of benzene rings is 1. The fourth-order valence-corrected chi connectivity index (χ4v) is 2.00. The molecule has 0 fully saturated rings. The van der Waals surface area contributed by atoms with Crippen LogP contribution in [0.5, 0.6) is 0 Å². The second-order valence-electron chi connectivity index (χ2n) is 3.90. The molecule has 0 saturated heterocycles. The van der Waals surface area contributed by atoms with Gasteiger partial charge < -0.3 is 9.84 Å². The third-order valence-electron chi connectivity index (χ3n) is 2.28. The van der Waals surface area contributed by atoms with Gasteiger partial charge in [-0.15, -0.1) is 0 Å². The topological polar surface area (TPSA) is 32.7 Å². The van der Waals surface area contributed by atoms with Crippen molar-refractivity contribution in [2.24, 2.45) is 0 Å². The Morgan fingerprint density at radius 1 is 1.44 bits per heavy atom. The lowest BCUT2D eigenvalue weighted by Gasteiger charge is -2.20. The molecule has 90 valence electrons. The van der Waals surface area contributed by atoms with Crippen LogP contribution >= 0.6 is 15.9 Å². The molecular weight excluding hydrogens is 270 g/mol. The number of halogens is 1. The van der Waals surface area contributed by atoms with Gasteiger partial charge in [0.15, 0.2) is 0 Å². The summed E-state index contributed by atoms with van der Waals surface area (Å²) in [6.07, 6.45) is -0.433. The molecule has 0 spiro atoms. The van der Waals surface area contributed by atoms with Crippen molar-refractivity contribution in [3.8, 4) is 0 Å². The summed E-state index contributed by atoms with van der Waals surface area (Å²) >= 11 is 3.51. The minimum atomic E-state index is -0.433. The summed E-state index contributed by atoms with van der Waals surface area (Å²) in [5.74, 6) is 0. The maximum atomic E-state index is 9.59. The largest absolute Gasteiger partial charge is 0.389 e. The summed E-state index contributed by atoms with van der Waals surface area (Å²) in [6.45, 7) is 1.79. The van der Waals surface area contributed by atoms with Crippen molar-refractivity contribution in [1.29, 1.82) is 0 Å². The molecule has 1 atom stereocenters. The number of methoxy groups -OCH3 is 1. The first-order valence-corrected chi connectivity index (χ1v) is 6.01. The molecular formula is C12H18BrNO2. The quantitative estimate of drug-likeness (QED) is 0.867. The normalized spacial score (nSPS) is 13.1. The first kappa shape index (κ1) is 13.6. The number of aliphatic hydroxyl groups is 1. The van der Waals surface area contributed by atoms with Crippen LogP contribution in [0.4, 0.5) is 0 Å². The predicted molar refractivity (Wildman–Crippen MR) is 68.4 cm³/mol. The molecule has 16 heavy (non-hydrogen) atoms. The van der Waals surface area contributed by atoms with Crippen LogP contribution in [-0.4, -0.2) is 43.4 Å². The van der Waals surface area contributed by atoms with Crippen molar-refractivity contribution in [3.05, 3.63) is 34.3 Å². The van der Waals surface area contributed by atoms with Crippen LogP contribution in [0, 0.1) is 0 Å². The SMILES string of the molecule is COCC(O)CN(C)Cc1ccccc1Br. The molecule has 1 aromatic carbocycles. The van der Waals surface area contributed by atoms with Crippen LogP contribution in [0.25, 0.3) is 0 Å². The fraction of sp³-hybridized carbons (Fsp3) is 0.500. The van der Waals surface area contributed by atoms with Gasteiger partial charge in [0.1, 0.15) is 0 Å². The Morgan fingerprint density at radius 2 is 2.12 bits per heavy atom. The van der Waals surface area contributed by atoms with E-state index in [2.05, 4.69) is 26.9 Å². The van der Waals surface area contributed by atoms with E-state index in [0.29, 0.717) is 13.2 Å². The monoisotopic (exact) mass is 287 g/mol. The first-order valence-electron chi connectivity index (χ1n) is 5.22. The van der Waals surface area contributed by atoms with Gasteiger partial charge in [-0.1, -0.05) is 34.1 Å². The Labute approximate surface area is 105 Å². The van der Waals surface area contributed by atoms with E-state index in [1.807, 2.05) is 25.2 Å². The smallest absolute Gasteiger partial charge is 0.0900 e. The maximum absolute atomic E-state index is 9.59. The summed E-state index contributed by atoms with van der Waals surface area (Å²) in [5, 5.41) is 9.59. The van der Waals surface area contributed by atoms with E-state index >= 15 is 0 Å². The molecule has 1 N–H and O–H groups in total. The average Bonchev–Trinajstić information content (AvgIpc) is 2.21. The van der Waals surface area contributed by atoms with Crippen molar-refractivity contribution in [3.63, 3.8) is 0 Å². The predicted octanol–water partition coefficient (Wildman–Crippen LogP) is 1.89. The van der Waals surface area contributed by atoms with E-state index in [4.69, 9.17) is 4.74 Å². The molecule has 0 amide bonds. The van der Waals surface area contributed by atoms with Crippen LogP contribution in [0.3, 0.4) is 0 Å². The highest BCUT2D eigenvalue weighted by Gasteiger charge is 2.09. The fourth-order valence-electron chi connectivity index (χ4n) is 1.59. The van der Waals surface area contributed by atoms with Gasteiger partial charge in [-0.05, 0) is 18.7 Å². The summed E-state index contributed by atoms with van der Waals surface area (Å²) in [6, 6.07) is 8.10. The number of ether oxygens (including phenoxy) is 1. The molecule has 0 aliphatic heterocycles. The van der Waals surface area contributed by atoms with Gasteiger partial charge in [0.05, 0.1) is 12.7 Å². The highest BCUT2D eigenvalue weighted by molar-refractivity contribution is 9.10. The molecule has 0 bridgehead atoms. The summed E-state index contributed by atoms with van der Waals surface area (Å²) < 4.78 is 5.99. The zero-order valence-corrected chi connectivity index (χ0v) is 11.3. The zero-order valence-electron chi connectivity index (χ0n) is 9.69. The number of hydrogen-bond acceptors (Lipinski definition) is 3. The lowest BCUT2D eigenvalue weighted by atomic mass is 10.2. The molecule has 1 unspecified atom stereocenters. The minimum Gasteiger partial charge on any atom is -0.389 e. The van der Waals surface area contributed by atoms with Gasteiger partial charge in [0, 0.05) is 24.7 Å². The van der Waals surface area contributed by atoms with Crippen molar-refractivity contribution in [2.75, 3.05) is 27.3 Å². The number of rotatable bonds is 6. The molecule has 0 aliphatic carbocycles. The van der Waals surface area contributed by atoms with E-state index < -0.39 is 6.10 Å². The molecule has 0 aliphatic rings. The van der Waals surface area contributed by atoms with Gasteiger partial charge in [-0.3, -0.25) is 4.90 Å². The van der Waals surface area contributed by atoms with Crippen molar-refractivity contribution >= 4 is 15.9 Å². The number of hydrogen-bond donors (Lipinski definition) is 1. The molecule has 0 radical (unpaired) electrons. The van der Waals surface area contributed by atoms with Crippen molar-refractivity contribution < 1.29 is 9.84 Å². The van der Waals surface area contributed by atoms with Crippen LogP contribution in [-0.2, 0) is 11.3 Å². The standard InChI is InChI=1S/C12H18BrNO2/c1-14(8-11(15)9-16-2)7-10-5-3-4-6-12(10)13/h3-6,11,15H,7-9H2,1-2H3. The van der Waals surface area contributed by atoms with Crippen molar-refractivity contribution in [2.45, 2.75) is 12.6 Å². The number of aliphatic hydroxyl groups excluding tert-OH is 1. The van der Waals surface area contributed by atoms with Crippen molar-refractivity contribution in [1.82, 2.24) is 4.90 Å². The minimum absolute atomic E-state index is 0.375. The third kappa shape index (κ3) is 4.61. The molecule has 0 heterocycles. The second kappa shape index (κ2) is 7.01. The Hall–Kier alpha value is -0.420. The van der Waals surface area contributed by atoms with E-state index in [1.54, 1.807) is 7.11 Å². The molecule has 0 aromatic heterocycles. The van der Waals surface area contributed by atoms with E-state index in [9.17, 15) is 5.11 Å². The first-order chi connectivity index (χ1) is 7.63. The number of likely N-dealkylation sites (N-methyl/N-ethyl adjacent to an activating group) is 1. The maximum Gasteiger partial charge on any atom is 0.0900 e. The molecule has 4 heteroatoms. The highest BCUT2D eigenvalue weighted by Crippen LogP contribution is 2.17. The Kier molecular flexibility index (Phi) is 5.98. The summed E-state index contributed by atoms with van der Waals surface area (Å²) in [7, 11) is 3.58. The van der Waals surface area contributed by atoms with E-state index in [-0.39, 0.29) is 0 Å². The zero-order chi connectivity index (χ0) is 12.0. The van der Waals surface area contributed by atoms with E-state index in [0.717, 1.165) is 11.0 Å². The van der Waals surface area contributed by atoms with Crippen LogP contribution in [0.2, 0.25) is 0 Å². The summed E-state index contributed by atoms with van der Waals surface area (Å²) in [4.78, 5) is 2.07. The average molecular weight is 288 g/mol. The second-order valence-corrected chi connectivity index (χ2v) is 4.75. The Bertz CT molecular complexity index is 320.